The third-order valence-electron chi connectivity index (χ3n) is 4.98. The molecule has 0 N–H and O–H groups in total. The molecule has 0 radical (unpaired) electrons. The summed E-state index contributed by atoms with van der Waals surface area (Å²) < 4.78 is 16.4. The molecule has 1 aliphatic heterocycles. The first kappa shape index (κ1) is 23.0. The van der Waals surface area contributed by atoms with Gasteiger partial charge in [-0.25, -0.2) is 0 Å². The van der Waals surface area contributed by atoms with Gasteiger partial charge in [0.1, 0.15) is 0 Å². The summed E-state index contributed by atoms with van der Waals surface area (Å²) in [6, 6.07) is 7.72. The Morgan fingerprint density at radius 1 is 1.36 bits per heavy atom. The van der Waals surface area contributed by atoms with Crippen molar-refractivity contribution in [3.63, 3.8) is 0 Å². The molecule has 0 spiro atoms. The average molecular weight is 428 g/mol. The molecule has 0 aromatic heterocycles. The topological polar surface area (TPSA) is 68.6 Å². The number of hydrogen-bond donors (Lipinski definition) is 0. The molecule has 1 saturated heterocycles. The number of nitriles is 1. The van der Waals surface area contributed by atoms with Crippen LogP contribution in [0.2, 0.25) is 10.0 Å². The maximum atomic E-state index is 11.7. The lowest BCUT2D eigenvalue weighted by Gasteiger charge is -2.29. The summed E-state index contributed by atoms with van der Waals surface area (Å²) in [5.74, 6) is -0.251. The molecule has 1 aromatic carbocycles. The lowest BCUT2D eigenvalue weighted by molar-refractivity contribution is -0.143. The van der Waals surface area contributed by atoms with E-state index in [1.165, 1.54) is 0 Å². The number of hydrogen-bond acceptors (Lipinski definition) is 5. The molecule has 2 atom stereocenters. The number of nitrogens with zero attached hydrogens (tertiary/aromatic N) is 1. The summed E-state index contributed by atoms with van der Waals surface area (Å²) in [6.45, 7) is 3.93. The summed E-state index contributed by atoms with van der Waals surface area (Å²) in [4.78, 5) is 11.7. The first-order valence-corrected chi connectivity index (χ1v) is 10.5. The summed E-state index contributed by atoms with van der Waals surface area (Å²) in [7, 11) is 0. The van der Waals surface area contributed by atoms with Crippen LogP contribution in [0, 0.1) is 11.3 Å². The summed E-state index contributed by atoms with van der Waals surface area (Å²) >= 11 is 12.2. The molecule has 1 heterocycles. The molecule has 1 aliphatic rings. The van der Waals surface area contributed by atoms with Crippen LogP contribution in [-0.2, 0) is 24.4 Å². The SMILES string of the molecule is CCOC(=O)CCCC(C#N)(CCOC1CCCOC1)c1ccc(Cl)c(Cl)c1. The van der Waals surface area contributed by atoms with Crippen LogP contribution in [0.5, 0.6) is 0 Å². The molecule has 2 unspecified atom stereocenters. The number of halogens is 2. The van der Waals surface area contributed by atoms with Gasteiger partial charge in [-0.2, -0.15) is 5.26 Å². The molecule has 1 fully saturated rings. The highest BCUT2D eigenvalue weighted by Gasteiger charge is 2.33. The van der Waals surface area contributed by atoms with Gasteiger partial charge in [0, 0.05) is 19.6 Å². The van der Waals surface area contributed by atoms with Crippen LogP contribution in [0.25, 0.3) is 0 Å². The van der Waals surface area contributed by atoms with Crippen LogP contribution in [0.15, 0.2) is 18.2 Å². The Balaban J connectivity index is 2.08. The molecule has 28 heavy (non-hydrogen) atoms. The van der Waals surface area contributed by atoms with Crippen molar-refractivity contribution in [3.05, 3.63) is 33.8 Å². The maximum absolute atomic E-state index is 11.7. The van der Waals surface area contributed by atoms with Gasteiger partial charge in [0.2, 0.25) is 0 Å². The largest absolute Gasteiger partial charge is 0.466 e. The van der Waals surface area contributed by atoms with Crippen molar-refractivity contribution in [1.82, 2.24) is 0 Å². The Morgan fingerprint density at radius 2 is 2.18 bits per heavy atom. The molecule has 2 rings (SSSR count). The van der Waals surface area contributed by atoms with Gasteiger partial charge in [0.05, 0.1) is 40.8 Å². The number of benzene rings is 1. The highest BCUT2D eigenvalue weighted by atomic mass is 35.5. The molecule has 7 heteroatoms. The smallest absolute Gasteiger partial charge is 0.305 e. The van der Waals surface area contributed by atoms with E-state index >= 15 is 0 Å². The minimum Gasteiger partial charge on any atom is -0.466 e. The highest BCUT2D eigenvalue weighted by Crippen LogP contribution is 2.36. The van der Waals surface area contributed by atoms with E-state index < -0.39 is 5.41 Å². The van der Waals surface area contributed by atoms with E-state index in [2.05, 4.69) is 6.07 Å². The van der Waals surface area contributed by atoms with Crippen molar-refractivity contribution < 1.29 is 19.0 Å². The van der Waals surface area contributed by atoms with Gasteiger partial charge in [-0.1, -0.05) is 29.3 Å². The van der Waals surface area contributed by atoms with Gasteiger partial charge >= 0.3 is 5.97 Å². The van der Waals surface area contributed by atoms with Gasteiger partial charge in [-0.05, 0) is 56.7 Å². The second kappa shape index (κ2) is 11.6. The molecule has 154 valence electrons. The van der Waals surface area contributed by atoms with Crippen LogP contribution in [-0.4, -0.2) is 38.5 Å². The normalized spacial score (nSPS) is 18.9. The van der Waals surface area contributed by atoms with E-state index in [1.54, 1.807) is 19.1 Å². The van der Waals surface area contributed by atoms with Crippen LogP contribution in [0.4, 0.5) is 0 Å². The minimum atomic E-state index is -0.809. The zero-order valence-corrected chi connectivity index (χ0v) is 17.7. The van der Waals surface area contributed by atoms with Crippen molar-refractivity contribution in [2.45, 2.75) is 57.0 Å². The first-order valence-electron chi connectivity index (χ1n) is 9.72. The lowest BCUT2D eigenvalue weighted by atomic mass is 9.75. The predicted octanol–water partition coefficient (Wildman–Crippen LogP) is 5.07. The molecule has 1 aromatic rings. The van der Waals surface area contributed by atoms with Crippen molar-refractivity contribution >= 4 is 29.2 Å². The molecule has 0 amide bonds. The molecular formula is C21H27Cl2NO4. The Bertz CT molecular complexity index is 685. The first-order chi connectivity index (χ1) is 13.5. The predicted molar refractivity (Wildman–Crippen MR) is 109 cm³/mol. The monoisotopic (exact) mass is 427 g/mol. The highest BCUT2D eigenvalue weighted by molar-refractivity contribution is 6.42. The van der Waals surface area contributed by atoms with Crippen molar-refractivity contribution in [2.24, 2.45) is 0 Å². The Labute approximate surface area is 176 Å². The number of rotatable bonds is 10. The number of esters is 1. The van der Waals surface area contributed by atoms with E-state index in [9.17, 15) is 10.1 Å². The average Bonchev–Trinajstić information content (AvgIpc) is 2.70. The fraction of sp³-hybridized carbons (Fsp3) is 0.619. The zero-order chi connectivity index (χ0) is 20.4. The van der Waals surface area contributed by atoms with Crippen LogP contribution < -0.4 is 0 Å². The second-order valence-electron chi connectivity index (χ2n) is 6.94. The summed E-state index contributed by atoms with van der Waals surface area (Å²) in [5.41, 5.74) is -0.0206. The number of carbonyl (C=O) groups excluding carboxylic acids is 1. The van der Waals surface area contributed by atoms with Gasteiger partial charge < -0.3 is 14.2 Å². The molecule has 5 nitrogen and oxygen atoms in total. The molecular weight excluding hydrogens is 401 g/mol. The lowest BCUT2D eigenvalue weighted by Crippen LogP contribution is -2.30. The Morgan fingerprint density at radius 3 is 2.82 bits per heavy atom. The van der Waals surface area contributed by atoms with Gasteiger partial charge in [-0.3, -0.25) is 4.79 Å². The van der Waals surface area contributed by atoms with Crippen molar-refractivity contribution in [1.29, 1.82) is 5.26 Å². The fourth-order valence-corrected chi connectivity index (χ4v) is 3.69. The Kier molecular flexibility index (Phi) is 9.53. The van der Waals surface area contributed by atoms with Gasteiger partial charge in [-0.15, -0.1) is 0 Å². The maximum Gasteiger partial charge on any atom is 0.305 e. The third-order valence-corrected chi connectivity index (χ3v) is 5.72. The van der Waals surface area contributed by atoms with Crippen LogP contribution in [0.3, 0.4) is 0 Å². The van der Waals surface area contributed by atoms with Crippen LogP contribution >= 0.6 is 23.2 Å². The quantitative estimate of drug-likeness (QED) is 0.487. The van der Waals surface area contributed by atoms with E-state index in [4.69, 9.17) is 37.4 Å². The van der Waals surface area contributed by atoms with E-state index in [1.807, 2.05) is 6.07 Å². The molecule has 0 aliphatic carbocycles. The molecule has 0 saturated carbocycles. The van der Waals surface area contributed by atoms with Crippen LogP contribution in [0.1, 0.15) is 51.0 Å². The summed E-state index contributed by atoms with van der Waals surface area (Å²) in [6.07, 6.45) is 3.84. The van der Waals surface area contributed by atoms with E-state index in [-0.39, 0.29) is 18.5 Å². The summed E-state index contributed by atoms with van der Waals surface area (Å²) in [5, 5.41) is 10.9. The third kappa shape index (κ3) is 6.63. The van der Waals surface area contributed by atoms with E-state index in [0.717, 1.165) is 25.0 Å². The second-order valence-corrected chi connectivity index (χ2v) is 7.76. The standard InChI is InChI=1S/C21H27Cl2NO4/c1-2-27-20(25)6-3-9-21(15-24,16-7-8-18(22)19(23)13-16)10-12-28-17-5-4-11-26-14-17/h7-8,13,17H,2-6,9-12,14H2,1H3. The minimum absolute atomic E-state index is 0.0680. The zero-order valence-electron chi connectivity index (χ0n) is 16.2. The number of carbonyl (C=O) groups is 1. The van der Waals surface area contributed by atoms with E-state index in [0.29, 0.717) is 49.1 Å². The fourth-order valence-electron chi connectivity index (χ4n) is 3.39. The van der Waals surface area contributed by atoms with Crippen molar-refractivity contribution in [2.75, 3.05) is 26.4 Å². The van der Waals surface area contributed by atoms with Gasteiger partial charge in [0.25, 0.3) is 0 Å². The molecule has 0 bridgehead atoms. The number of ether oxygens (including phenoxy) is 3. The van der Waals surface area contributed by atoms with Gasteiger partial charge in [0.15, 0.2) is 0 Å². The van der Waals surface area contributed by atoms with Crippen molar-refractivity contribution in [3.8, 4) is 6.07 Å². The Hall–Kier alpha value is -1.32.